The van der Waals surface area contributed by atoms with Gasteiger partial charge in [-0.05, 0) is 68.5 Å². The Morgan fingerprint density at radius 2 is 0.661 bits per heavy atom. The molecule has 0 spiro atoms. The molecular formula is C44H44O12. The molecule has 2 aliphatic carbocycles. The van der Waals surface area contributed by atoms with Crippen LogP contribution in [-0.2, 0) is 76.7 Å². The lowest BCUT2D eigenvalue weighted by Gasteiger charge is -2.23. The SMILES string of the molecule is COC(=O)COc1c2cccc1Cc1cc3cc(c1OCC(=O)OC)Cc1cccc(c1OCC(=O)OC)Cc1cc(cc(c1OCC(=O)OC)C2)C/C=C\C3. The van der Waals surface area contributed by atoms with E-state index in [1.807, 2.05) is 36.4 Å². The largest absolute Gasteiger partial charge is 0.481 e. The highest BCUT2D eigenvalue weighted by Gasteiger charge is 2.25. The van der Waals surface area contributed by atoms with Gasteiger partial charge in [-0.3, -0.25) is 0 Å². The average Bonchev–Trinajstić information content (AvgIpc) is 3.20. The average molecular weight is 765 g/mol. The molecule has 4 aromatic rings. The molecule has 0 heterocycles. The predicted octanol–water partition coefficient (Wildman–Crippen LogP) is 5.23. The molecule has 56 heavy (non-hydrogen) atoms. The first-order valence-corrected chi connectivity index (χ1v) is 18.1. The number of hydrogen-bond donors (Lipinski definition) is 0. The smallest absolute Gasteiger partial charge is 0.343 e. The Bertz CT molecular complexity index is 1910. The molecule has 0 saturated heterocycles. The second-order valence-electron chi connectivity index (χ2n) is 13.3. The number of carbonyl (C=O) groups excluding carboxylic acids is 4. The van der Waals surface area contributed by atoms with Crippen molar-refractivity contribution in [3.05, 3.63) is 128 Å². The van der Waals surface area contributed by atoms with Crippen molar-refractivity contribution in [3.63, 3.8) is 0 Å². The van der Waals surface area contributed by atoms with E-state index in [2.05, 4.69) is 36.4 Å². The molecule has 292 valence electrons. The summed E-state index contributed by atoms with van der Waals surface area (Å²) in [5.41, 5.74) is 8.11. The van der Waals surface area contributed by atoms with Crippen LogP contribution in [0.3, 0.4) is 0 Å². The predicted molar refractivity (Wildman–Crippen MR) is 204 cm³/mol. The summed E-state index contributed by atoms with van der Waals surface area (Å²) in [5, 5.41) is 0. The summed E-state index contributed by atoms with van der Waals surface area (Å²) < 4.78 is 45.0. The first kappa shape index (κ1) is 39.4. The van der Waals surface area contributed by atoms with Gasteiger partial charge >= 0.3 is 23.9 Å². The molecule has 0 aromatic heterocycles. The molecule has 12 heteroatoms. The minimum atomic E-state index is -0.548. The van der Waals surface area contributed by atoms with Crippen molar-refractivity contribution in [2.75, 3.05) is 54.9 Å². The van der Waals surface area contributed by atoms with E-state index < -0.39 is 23.9 Å². The fourth-order valence-corrected chi connectivity index (χ4v) is 7.01. The Labute approximate surface area is 325 Å². The van der Waals surface area contributed by atoms with Crippen LogP contribution in [-0.4, -0.2) is 78.7 Å². The summed E-state index contributed by atoms with van der Waals surface area (Å²) in [6.07, 6.45) is 6.62. The maximum Gasteiger partial charge on any atom is 0.343 e. The van der Waals surface area contributed by atoms with Crippen LogP contribution in [0.4, 0.5) is 0 Å². The van der Waals surface area contributed by atoms with Gasteiger partial charge in [-0.2, -0.15) is 0 Å². The first-order chi connectivity index (χ1) is 27.2. The highest BCUT2D eigenvalue weighted by atomic mass is 16.6. The van der Waals surface area contributed by atoms with Crippen LogP contribution in [0.5, 0.6) is 23.0 Å². The molecule has 12 nitrogen and oxygen atoms in total. The van der Waals surface area contributed by atoms with Crippen molar-refractivity contribution in [1.82, 2.24) is 0 Å². The van der Waals surface area contributed by atoms with Crippen LogP contribution in [0.1, 0.15) is 55.6 Å². The highest BCUT2D eigenvalue weighted by molar-refractivity contribution is 5.73. The van der Waals surface area contributed by atoms with Gasteiger partial charge in [-0.25, -0.2) is 19.2 Å². The minimum Gasteiger partial charge on any atom is -0.481 e. The van der Waals surface area contributed by atoms with E-state index in [0.29, 0.717) is 61.5 Å². The van der Waals surface area contributed by atoms with E-state index in [4.69, 9.17) is 37.9 Å². The van der Waals surface area contributed by atoms with Gasteiger partial charge < -0.3 is 37.9 Å². The van der Waals surface area contributed by atoms with Crippen LogP contribution in [0.25, 0.3) is 0 Å². The number of benzene rings is 4. The number of para-hydroxylation sites is 2. The molecule has 0 radical (unpaired) electrons. The molecule has 0 amide bonds. The molecule has 0 fully saturated rings. The molecule has 10 bridgehead atoms. The van der Waals surface area contributed by atoms with Crippen LogP contribution in [0.2, 0.25) is 0 Å². The summed E-state index contributed by atoms with van der Waals surface area (Å²) >= 11 is 0. The summed E-state index contributed by atoms with van der Waals surface area (Å²) in [6, 6.07) is 19.8. The van der Waals surface area contributed by atoms with Crippen molar-refractivity contribution < 1.29 is 57.1 Å². The van der Waals surface area contributed by atoms with Crippen molar-refractivity contribution >= 4 is 23.9 Å². The van der Waals surface area contributed by atoms with Gasteiger partial charge in [0.25, 0.3) is 0 Å². The lowest BCUT2D eigenvalue weighted by atomic mass is 9.89. The molecule has 0 saturated carbocycles. The summed E-state index contributed by atoms with van der Waals surface area (Å²) in [4.78, 5) is 49.9. The number of carbonyl (C=O) groups is 4. The van der Waals surface area contributed by atoms with Crippen LogP contribution >= 0.6 is 0 Å². The van der Waals surface area contributed by atoms with Crippen molar-refractivity contribution in [2.45, 2.75) is 38.5 Å². The third kappa shape index (κ3) is 9.49. The van der Waals surface area contributed by atoms with Gasteiger partial charge in [0.05, 0.1) is 28.4 Å². The Hall–Kier alpha value is -6.30. The number of rotatable bonds is 12. The topological polar surface area (TPSA) is 142 Å². The van der Waals surface area contributed by atoms with Gasteiger partial charge in [0.2, 0.25) is 0 Å². The number of ether oxygens (including phenoxy) is 8. The van der Waals surface area contributed by atoms with Crippen LogP contribution in [0.15, 0.2) is 72.8 Å². The number of methoxy groups -OCH3 is 4. The molecule has 2 aliphatic rings. The number of hydrogen-bond acceptors (Lipinski definition) is 12. The molecule has 6 rings (SSSR count). The van der Waals surface area contributed by atoms with Crippen molar-refractivity contribution in [3.8, 4) is 23.0 Å². The second kappa shape index (κ2) is 18.4. The van der Waals surface area contributed by atoms with Crippen molar-refractivity contribution in [1.29, 1.82) is 0 Å². The van der Waals surface area contributed by atoms with Crippen LogP contribution in [0, 0.1) is 0 Å². The van der Waals surface area contributed by atoms with E-state index in [1.165, 1.54) is 28.4 Å². The first-order valence-electron chi connectivity index (χ1n) is 18.1. The lowest BCUT2D eigenvalue weighted by Crippen LogP contribution is -2.17. The van der Waals surface area contributed by atoms with E-state index in [0.717, 1.165) is 55.6 Å². The third-order valence-corrected chi connectivity index (χ3v) is 9.61. The minimum absolute atomic E-state index is 0.300. The van der Waals surface area contributed by atoms with Gasteiger partial charge in [-0.1, -0.05) is 72.8 Å². The molecule has 0 unspecified atom stereocenters. The molecular weight excluding hydrogens is 720 g/mol. The number of allylic oxidation sites excluding steroid dienone is 2. The van der Waals surface area contributed by atoms with Gasteiger partial charge in [0.15, 0.2) is 26.4 Å². The second-order valence-corrected chi connectivity index (χ2v) is 13.3. The summed E-state index contributed by atoms with van der Waals surface area (Å²) in [5.74, 6) is -0.247. The van der Waals surface area contributed by atoms with Crippen molar-refractivity contribution in [2.24, 2.45) is 0 Å². The monoisotopic (exact) mass is 764 g/mol. The fraction of sp³-hybridized carbons (Fsp3) is 0.318. The van der Waals surface area contributed by atoms with Crippen LogP contribution < -0.4 is 18.9 Å². The van der Waals surface area contributed by atoms with Gasteiger partial charge in [0, 0.05) is 25.7 Å². The zero-order valence-corrected chi connectivity index (χ0v) is 31.9. The zero-order chi connectivity index (χ0) is 39.6. The maximum atomic E-state index is 12.5. The Morgan fingerprint density at radius 3 is 0.911 bits per heavy atom. The summed E-state index contributed by atoms with van der Waals surface area (Å²) in [6.45, 7) is -1.33. The molecule has 0 aliphatic heterocycles. The number of fused-ring (bicyclic) bond motifs is 10. The van der Waals surface area contributed by atoms with Gasteiger partial charge in [-0.15, -0.1) is 0 Å². The molecule has 4 aromatic carbocycles. The normalized spacial score (nSPS) is 13.3. The zero-order valence-electron chi connectivity index (χ0n) is 31.9. The highest BCUT2D eigenvalue weighted by Crippen LogP contribution is 2.40. The number of esters is 4. The molecule has 0 atom stereocenters. The molecule has 0 N–H and O–H groups in total. The Balaban J connectivity index is 1.66. The van der Waals surface area contributed by atoms with Gasteiger partial charge in [0.1, 0.15) is 23.0 Å². The third-order valence-electron chi connectivity index (χ3n) is 9.61. The maximum absolute atomic E-state index is 12.5. The fourth-order valence-electron chi connectivity index (χ4n) is 7.01. The Morgan fingerprint density at radius 1 is 0.411 bits per heavy atom. The standard InChI is InChI=1S/C44H44O12/c1-49-37(45)23-53-41-29-11-7-12-30(41)20-34-16-28-10-6-5-9-27-15-33(19-29)43(55-25-39(47)51-3)35(17-27)21-31-13-8-14-32(42(31)54-24-38(46)50-2)22-36(18-28)44(34)56-26-40(48)52-4/h5-8,11-18H,9-10,19-26H2,1-4H3/b6-5-. The van der Waals surface area contributed by atoms with E-state index in [-0.39, 0.29) is 26.4 Å². The summed E-state index contributed by atoms with van der Waals surface area (Å²) in [7, 11) is 5.21. The van der Waals surface area contributed by atoms with E-state index >= 15 is 0 Å². The lowest BCUT2D eigenvalue weighted by molar-refractivity contribution is -0.143. The van der Waals surface area contributed by atoms with E-state index in [9.17, 15) is 19.2 Å². The van der Waals surface area contributed by atoms with E-state index in [1.54, 1.807) is 0 Å². The Kier molecular flexibility index (Phi) is 12.9. The quantitative estimate of drug-likeness (QED) is 0.0934.